The van der Waals surface area contributed by atoms with E-state index in [0.29, 0.717) is 11.1 Å². The van der Waals surface area contributed by atoms with Gasteiger partial charge in [-0.25, -0.2) is 9.37 Å². The highest BCUT2D eigenvalue weighted by atomic mass is 35.5. The lowest BCUT2D eigenvalue weighted by molar-refractivity contribution is 0.618. The van der Waals surface area contributed by atoms with Gasteiger partial charge in [0.2, 0.25) is 0 Å². The van der Waals surface area contributed by atoms with Crippen molar-refractivity contribution in [2.75, 3.05) is 0 Å². The second-order valence-electron chi connectivity index (χ2n) is 5.08. The molecule has 0 fully saturated rings. The quantitative estimate of drug-likeness (QED) is 0.678. The van der Waals surface area contributed by atoms with Crippen molar-refractivity contribution < 1.29 is 4.39 Å². The van der Waals surface area contributed by atoms with Gasteiger partial charge in [-0.3, -0.25) is 4.98 Å². The van der Waals surface area contributed by atoms with Gasteiger partial charge in [0.25, 0.3) is 0 Å². The van der Waals surface area contributed by atoms with Crippen LogP contribution >= 0.6 is 11.6 Å². The normalized spacial score (nSPS) is 12.8. The first-order valence-corrected chi connectivity index (χ1v) is 7.28. The number of rotatable bonds is 3. The predicted octanol–water partition coefficient (Wildman–Crippen LogP) is 4.23. The number of hydrogen-bond donors (Lipinski definition) is 0. The molecule has 0 radical (unpaired) electrons. The topological polar surface area (TPSA) is 30.7 Å². The lowest BCUT2D eigenvalue weighted by Gasteiger charge is -2.17. The number of pyridine rings is 1. The fraction of sp³-hybridized carbons (Fsp3) is 0.250. The molecular formula is C16H15ClFN3. The first kappa shape index (κ1) is 14.0. The van der Waals surface area contributed by atoms with E-state index in [2.05, 4.69) is 21.5 Å². The zero-order valence-electron chi connectivity index (χ0n) is 11.8. The summed E-state index contributed by atoms with van der Waals surface area (Å²) in [6, 6.07) is 7.27. The van der Waals surface area contributed by atoms with Crippen LogP contribution in [-0.2, 0) is 5.88 Å². The molecule has 1 unspecified atom stereocenters. The van der Waals surface area contributed by atoms with Crippen molar-refractivity contribution in [1.82, 2.24) is 14.5 Å². The lowest BCUT2D eigenvalue weighted by atomic mass is 10.1. The number of halogens is 2. The number of imidazole rings is 1. The number of hydrogen-bond acceptors (Lipinski definition) is 2. The van der Waals surface area contributed by atoms with Gasteiger partial charge >= 0.3 is 0 Å². The molecule has 0 spiro atoms. The standard InChI is InChI=1S/C16H15ClFN3/c1-10-7-15-14(8-13(10)18)20-16(9-17)21(15)11(2)12-3-5-19-6-4-12/h3-8,11H,9H2,1-2H3. The summed E-state index contributed by atoms with van der Waals surface area (Å²) in [5, 5.41) is 0. The van der Waals surface area contributed by atoms with Gasteiger partial charge < -0.3 is 4.57 Å². The van der Waals surface area contributed by atoms with E-state index < -0.39 is 0 Å². The third-order valence-corrected chi connectivity index (χ3v) is 3.98. The Balaban J connectivity index is 2.23. The summed E-state index contributed by atoms with van der Waals surface area (Å²) in [5.74, 6) is 0.774. The third-order valence-electron chi connectivity index (χ3n) is 3.74. The minimum Gasteiger partial charge on any atom is -0.320 e. The molecule has 3 rings (SSSR count). The van der Waals surface area contributed by atoms with E-state index in [4.69, 9.17) is 11.6 Å². The summed E-state index contributed by atoms with van der Waals surface area (Å²) >= 11 is 6.03. The number of alkyl halides is 1. The van der Waals surface area contributed by atoms with E-state index in [0.717, 1.165) is 16.9 Å². The molecule has 0 bridgehead atoms. The molecule has 0 N–H and O–H groups in total. The van der Waals surface area contributed by atoms with Crippen LogP contribution in [0.4, 0.5) is 4.39 Å². The van der Waals surface area contributed by atoms with Crippen molar-refractivity contribution in [2.24, 2.45) is 0 Å². The van der Waals surface area contributed by atoms with Crippen LogP contribution in [-0.4, -0.2) is 14.5 Å². The maximum atomic E-state index is 13.7. The molecule has 5 heteroatoms. The van der Waals surface area contributed by atoms with Crippen molar-refractivity contribution in [3.63, 3.8) is 0 Å². The fourth-order valence-electron chi connectivity index (χ4n) is 2.59. The zero-order chi connectivity index (χ0) is 15.0. The van der Waals surface area contributed by atoms with E-state index in [-0.39, 0.29) is 17.7 Å². The van der Waals surface area contributed by atoms with Gasteiger partial charge in [0.1, 0.15) is 11.6 Å². The van der Waals surface area contributed by atoms with E-state index in [9.17, 15) is 4.39 Å². The molecular weight excluding hydrogens is 289 g/mol. The molecule has 1 atom stereocenters. The summed E-state index contributed by atoms with van der Waals surface area (Å²) in [7, 11) is 0. The zero-order valence-corrected chi connectivity index (χ0v) is 12.6. The third kappa shape index (κ3) is 2.40. The van der Waals surface area contributed by atoms with Gasteiger partial charge in [-0.05, 0) is 43.2 Å². The van der Waals surface area contributed by atoms with Gasteiger partial charge in [0.15, 0.2) is 0 Å². The second kappa shape index (κ2) is 5.45. The summed E-state index contributed by atoms with van der Waals surface area (Å²) in [5.41, 5.74) is 3.24. The van der Waals surface area contributed by atoms with Crippen LogP contribution < -0.4 is 0 Å². The molecule has 108 valence electrons. The van der Waals surface area contributed by atoms with E-state index >= 15 is 0 Å². The highest BCUT2D eigenvalue weighted by molar-refractivity contribution is 6.16. The number of benzene rings is 1. The lowest BCUT2D eigenvalue weighted by Crippen LogP contribution is -2.10. The summed E-state index contributed by atoms with van der Waals surface area (Å²) in [6.45, 7) is 3.83. The molecule has 0 saturated carbocycles. The van der Waals surface area contributed by atoms with Crippen LogP contribution in [0.1, 0.15) is 29.9 Å². The largest absolute Gasteiger partial charge is 0.320 e. The average molecular weight is 304 g/mol. The Bertz CT molecular complexity index is 783. The van der Waals surface area contributed by atoms with Crippen molar-refractivity contribution in [3.05, 3.63) is 59.4 Å². The summed E-state index contributed by atoms with van der Waals surface area (Å²) < 4.78 is 15.8. The fourth-order valence-corrected chi connectivity index (χ4v) is 2.78. The monoisotopic (exact) mass is 303 g/mol. The summed E-state index contributed by atoms with van der Waals surface area (Å²) in [6.07, 6.45) is 3.52. The number of aryl methyl sites for hydroxylation is 1. The number of nitrogens with zero attached hydrogens (tertiary/aromatic N) is 3. The molecule has 0 aliphatic rings. The summed E-state index contributed by atoms with van der Waals surface area (Å²) in [4.78, 5) is 8.49. The highest BCUT2D eigenvalue weighted by Gasteiger charge is 2.18. The molecule has 0 aliphatic heterocycles. The van der Waals surface area contributed by atoms with E-state index in [1.807, 2.05) is 18.2 Å². The molecule has 0 amide bonds. The Labute approximate surface area is 127 Å². The molecule has 1 aromatic carbocycles. The number of aromatic nitrogens is 3. The van der Waals surface area contributed by atoms with Crippen LogP contribution in [0.25, 0.3) is 11.0 Å². The maximum absolute atomic E-state index is 13.7. The first-order valence-electron chi connectivity index (χ1n) is 6.74. The van der Waals surface area contributed by atoms with Crippen molar-refractivity contribution >= 4 is 22.6 Å². The van der Waals surface area contributed by atoms with Crippen LogP contribution in [0.5, 0.6) is 0 Å². The van der Waals surface area contributed by atoms with Gasteiger partial charge in [0, 0.05) is 18.5 Å². The van der Waals surface area contributed by atoms with Crippen molar-refractivity contribution in [2.45, 2.75) is 25.8 Å². The van der Waals surface area contributed by atoms with Crippen LogP contribution in [0.2, 0.25) is 0 Å². The van der Waals surface area contributed by atoms with Gasteiger partial charge in [0.05, 0.1) is 23.0 Å². The minimum absolute atomic E-state index is 0.0524. The van der Waals surface area contributed by atoms with Gasteiger partial charge in [-0.15, -0.1) is 11.6 Å². The molecule has 0 aliphatic carbocycles. The van der Waals surface area contributed by atoms with E-state index in [1.54, 1.807) is 19.3 Å². The van der Waals surface area contributed by atoms with Crippen molar-refractivity contribution in [3.8, 4) is 0 Å². The van der Waals surface area contributed by atoms with Gasteiger partial charge in [-0.2, -0.15) is 0 Å². The van der Waals surface area contributed by atoms with Crippen molar-refractivity contribution in [1.29, 1.82) is 0 Å². The highest BCUT2D eigenvalue weighted by Crippen LogP contribution is 2.28. The Hall–Kier alpha value is -1.94. The van der Waals surface area contributed by atoms with Crippen LogP contribution in [0, 0.1) is 12.7 Å². The number of fused-ring (bicyclic) bond motifs is 1. The van der Waals surface area contributed by atoms with Gasteiger partial charge in [-0.1, -0.05) is 0 Å². The molecule has 21 heavy (non-hydrogen) atoms. The first-order chi connectivity index (χ1) is 10.1. The Morgan fingerprint density at radius 3 is 2.67 bits per heavy atom. The molecule has 3 aromatic rings. The Morgan fingerprint density at radius 1 is 1.29 bits per heavy atom. The maximum Gasteiger partial charge on any atom is 0.128 e. The molecule has 3 nitrogen and oxygen atoms in total. The minimum atomic E-state index is -0.246. The van der Waals surface area contributed by atoms with E-state index in [1.165, 1.54) is 6.07 Å². The van der Waals surface area contributed by atoms with Crippen LogP contribution in [0.3, 0.4) is 0 Å². The molecule has 2 aromatic heterocycles. The predicted molar refractivity (Wildman–Crippen MR) is 82.0 cm³/mol. The smallest absolute Gasteiger partial charge is 0.128 e. The average Bonchev–Trinajstić information content (AvgIpc) is 2.85. The Kier molecular flexibility index (Phi) is 3.64. The second-order valence-corrected chi connectivity index (χ2v) is 5.35. The molecule has 2 heterocycles. The SMILES string of the molecule is Cc1cc2c(cc1F)nc(CCl)n2C(C)c1ccncc1. The Morgan fingerprint density at radius 2 is 2.00 bits per heavy atom. The van der Waals surface area contributed by atoms with Crippen LogP contribution in [0.15, 0.2) is 36.7 Å². The molecule has 0 saturated heterocycles.